The van der Waals surface area contributed by atoms with Gasteiger partial charge in [0.15, 0.2) is 0 Å². The highest BCUT2D eigenvalue weighted by atomic mass is 16.6. The maximum absolute atomic E-state index is 12.5. The van der Waals surface area contributed by atoms with E-state index < -0.39 is 22.8 Å². The summed E-state index contributed by atoms with van der Waals surface area (Å²) in [5, 5.41) is 22.4. The minimum absolute atomic E-state index is 0.00937. The first kappa shape index (κ1) is 18.1. The van der Waals surface area contributed by atoms with Crippen LogP contribution in [0.1, 0.15) is 24.2 Å². The molecular weight excluding hydrogens is 306 g/mol. The lowest BCUT2D eigenvalue weighted by molar-refractivity contribution is -0.384. The molecule has 2 N–H and O–H groups in total. The van der Waals surface area contributed by atoms with Gasteiger partial charge < -0.3 is 15.3 Å². The fourth-order valence-corrected chi connectivity index (χ4v) is 1.88. The summed E-state index contributed by atoms with van der Waals surface area (Å²) in [5.41, 5.74) is -0.254. The third-order valence-corrected chi connectivity index (χ3v) is 3.12. The van der Waals surface area contributed by atoms with Crippen molar-refractivity contribution in [3.05, 3.63) is 39.9 Å². The van der Waals surface area contributed by atoms with E-state index in [1.165, 1.54) is 32.0 Å². The molecule has 0 aliphatic rings. The Morgan fingerprint density at radius 2 is 2.04 bits per heavy atom. The van der Waals surface area contributed by atoms with E-state index in [-0.39, 0.29) is 30.2 Å². The standard InChI is InChI=1S/C14H17N3O6/c1-9(14(20)21)16(7-6-15-10(2)18)13(19)11-4-3-5-12(8-11)17(22)23/h3-5,8-9H,6-7H2,1-2H3,(H,15,18)(H,20,21). The Bertz CT molecular complexity index is 631. The number of benzene rings is 1. The number of aliphatic carboxylic acids is 1. The molecule has 0 aliphatic carbocycles. The van der Waals surface area contributed by atoms with Gasteiger partial charge in [0, 0.05) is 37.7 Å². The molecule has 0 fully saturated rings. The molecule has 0 bridgehead atoms. The van der Waals surface area contributed by atoms with Crippen molar-refractivity contribution >= 4 is 23.5 Å². The summed E-state index contributed by atoms with van der Waals surface area (Å²) >= 11 is 0. The van der Waals surface area contributed by atoms with Crippen LogP contribution < -0.4 is 5.32 Å². The predicted molar refractivity (Wildman–Crippen MR) is 79.9 cm³/mol. The second-order valence-electron chi connectivity index (χ2n) is 4.80. The molecule has 23 heavy (non-hydrogen) atoms. The Morgan fingerprint density at radius 1 is 1.39 bits per heavy atom. The number of non-ortho nitro benzene ring substituents is 1. The molecule has 1 aromatic rings. The van der Waals surface area contributed by atoms with Gasteiger partial charge in [0.25, 0.3) is 11.6 Å². The number of nitro groups is 1. The first-order valence-corrected chi connectivity index (χ1v) is 6.76. The number of nitrogens with zero attached hydrogens (tertiary/aromatic N) is 2. The maximum atomic E-state index is 12.5. The number of hydrogen-bond donors (Lipinski definition) is 2. The molecule has 1 atom stereocenters. The number of carbonyl (C=O) groups is 3. The fraction of sp³-hybridized carbons (Fsp3) is 0.357. The van der Waals surface area contributed by atoms with Gasteiger partial charge in [0.05, 0.1) is 4.92 Å². The first-order valence-electron chi connectivity index (χ1n) is 6.76. The van der Waals surface area contributed by atoms with E-state index in [9.17, 15) is 24.5 Å². The van der Waals surface area contributed by atoms with Crippen LogP contribution in [-0.2, 0) is 9.59 Å². The van der Waals surface area contributed by atoms with Gasteiger partial charge in [0.1, 0.15) is 6.04 Å². The van der Waals surface area contributed by atoms with Crippen molar-refractivity contribution in [3.63, 3.8) is 0 Å². The average Bonchev–Trinajstić information content (AvgIpc) is 2.50. The second-order valence-corrected chi connectivity index (χ2v) is 4.80. The number of carbonyl (C=O) groups excluding carboxylic acids is 2. The Labute approximate surface area is 132 Å². The van der Waals surface area contributed by atoms with Crippen LogP contribution in [-0.4, -0.2) is 51.8 Å². The van der Waals surface area contributed by atoms with Crippen LogP contribution in [0.25, 0.3) is 0 Å². The summed E-state index contributed by atoms with van der Waals surface area (Å²) in [5.74, 6) is -2.18. The van der Waals surface area contributed by atoms with Crippen molar-refractivity contribution < 1.29 is 24.4 Å². The van der Waals surface area contributed by atoms with Gasteiger partial charge in [-0.25, -0.2) is 4.79 Å². The number of carboxylic acids is 1. The number of carboxylic acid groups (broad SMARTS) is 1. The van der Waals surface area contributed by atoms with Crippen molar-refractivity contribution in [1.82, 2.24) is 10.2 Å². The second kappa shape index (κ2) is 7.87. The van der Waals surface area contributed by atoms with Crippen LogP contribution in [0, 0.1) is 10.1 Å². The average molecular weight is 323 g/mol. The van der Waals surface area contributed by atoms with Crippen molar-refractivity contribution in [3.8, 4) is 0 Å². The molecule has 0 heterocycles. The summed E-state index contributed by atoms with van der Waals surface area (Å²) < 4.78 is 0. The SMILES string of the molecule is CC(=O)NCCN(C(=O)c1cccc([N+](=O)[O-])c1)C(C)C(=O)O. The zero-order chi connectivity index (χ0) is 17.6. The molecule has 0 radical (unpaired) electrons. The summed E-state index contributed by atoms with van der Waals surface area (Å²) in [6.07, 6.45) is 0. The lowest BCUT2D eigenvalue weighted by Crippen LogP contribution is -2.46. The molecular formula is C14H17N3O6. The van der Waals surface area contributed by atoms with Crippen LogP contribution in [0.4, 0.5) is 5.69 Å². The third-order valence-electron chi connectivity index (χ3n) is 3.12. The Hall–Kier alpha value is -2.97. The zero-order valence-electron chi connectivity index (χ0n) is 12.7. The van der Waals surface area contributed by atoms with Gasteiger partial charge >= 0.3 is 5.97 Å². The van der Waals surface area contributed by atoms with Crippen molar-refractivity contribution in [2.45, 2.75) is 19.9 Å². The van der Waals surface area contributed by atoms with Gasteiger partial charge in [-0.15, -0.1) is 0 Å². The molecule has 9 heteroatoms. The van der Waals surface area contributed by atoms with Gasteiger partial charge in [-0.3, -0.25) is 19.7 Å². The molecule has 9 nitrogen and oxygen atoms in total. The zero-order valence-corrected chi connectivity index (χ0v) is 12.7. The number of nitrogens with one attached hydrogen (secondary N) is 1. The van der Waals surface area contributed by atoms with E-state index in [0.717, 1.165) is 11.0 Å². The molecule has 0 aromatic heterocycles. The van der Waals surface area contributed by atoms with E-state index in [4.69, 9.17) is 5.11 Å². The molecule has 1 unspecified atom stereocenters. The highest BCUT2D eigenvalue weighted by Gasteiger charge is 2.27. The molecule has 0 spiro atoms. The summed E-state index contributed by atoms with van der Waals surface area (Å²) in [4.78, 5) is 45.7. The van der Waals surface area contributed by atoms with E-state index >= 15 is 0 Å². The van der Waals surface area contributed by atoms with Crippen molar-refractivity contribution in [2.75, 3.05) is 13.1 Å². The van der Waals surface area contributed by atoms with E-state index in [0.29, 0.717) is 0 Å². The largest absolute Gasteiger partial charge is 0.480 e. The van der Waals surface area contributed by atoms with Crippen LogP contribution in [0.15, 0.2) is 24.3 Å². The van der Waals surface area contributed by atoms with E-state index in [1.54, 1.807) is 0 Å². The van der Waals surface area contributed by atoms with Crippen LogP contribution in [0.2, 0.25) is 0 Å². The molecule has 0 aliphatic heterocycles. The predicted octanol–water partition coefficient (Wildman–Crippen LogP) is 0.646. The summed E-state index contributed by atoms with van der Waals surface area (Å²) in [6, 6.07) is 3.90. The minimum atomic E-state index is -1.22. The third kappa shape index (κ3) is 5.06. The number of hydrogen-bond acceptors (Lipinski definition) is 5. The van der Waals surface area contributed by atoms with E-state index in [1.807, 2.05) is 0 Å². The molecule has 0 saturated heterocycles. The molecule has 1 rings (SSSR count). The molecule has 124 valence electrons. The fourth-order valence-electron chi connectivity index (χ4n) is 1.88. The summed E-state index contributed by atoms with van der Waals surface area (Å²) in [6.45, 7) is 2.67. The van der Waals surface area contributed by atoms with Crippen molar-refractivity contribution in [2.24, 2.45) is 0 Å². The smallest absolute Gasteiger partial charge is 0.326 e. The quantitative estimate of drug-likeness (QED) is 0.559. The van der Waals surface area contributed by atoms with Gasteiger partial charge in [-0.2, -0.15) is 0 Å². The molecule has 1 aromatic carbocycles. The Morgan fingerprint density at radius 3 is 2.57 bits per heavy atom. The number of amides is 2. The van der Waals surface area contributed by atoms with Gasteiger partial charge in [-0.05, 0) is 13.0 Å². The maximum Gasteiger partial charge on any atom is 0.326 e. The number of nitro benzene ring substituents is 1. The lowest BCUT2D eigenvalue weighted by Gasteiger charge is -2.26. The summed E-state index contributed by atoms with van der Waals surface area (Å²) in [7, 11) is 0. The highest BCUT2D eigenvalue weighted by Crippen LogP contribution is 2.16. The van der Waals surface area contributed by atoms with E-state index in [2.05, 4.69) is 5.32 Å². The van der Waals surface area contributed by atoms with Crippen LogP contribution in [0.3, 0.4) is 0 Å². The Kier molecular flexibility index (Phi) is 6.19. The van der Waals surface area contributed by atoms with Gasteiger partial charge in [0.2, 0.25) is 5.91 Å². The first-order chi connectivity index (χ1) is 10.7. The minimum Gasteiger partial charge on any atom is -0.480 e. The monoisotopic (exact) mass is 323 g/mol. The van der Waals surface area contributed by atoms with Gasteiger partial charge in [-0.1, -0.05) is 6.07 Å². The van der Waals surface area contributed by atoms with Crippen molar-refractivity contribution in [1.29, 1.82) is 0 Å². The molecule has 0 saturated carbocycles. The molecule has 2 amide bonds. The lowest BCUT2D eigenvalue weighted by atomic mass is 10.1. The topological polar surface area (TPSA) is 130 Å². The van der Waals surface area contributed by atoms with Crippen LogP contribution >= 0.6 is 0 Å². The normalized spacial score (nSPS) is 11.4. The number of rotatable bonds is 7. The highest BCUT2D eigenvalue weighted by molar-refractivity contribution is 5.97. The van der Waals surface area contributed by atoms with Crippen LogP contribution in [0.5, 0.6) is 0 Å². The Balaban J connectivity index is 3.02.